The van der Waals surface area contributed by atoms with Crippen LogP contribution in [0.3, 0.4) is 0 Å². The summed E-state index contributed by atoms with van der Waals surface area (Å²) < 4.78 is 1.80. The maximum atomic E-state index is 11.6. The highest BCUT2D eigenvalue weighted by atomic mass is 16.1. The van der Waals surface area contributed by atoms with Crippen LogP contribution in [0.15, 0.2) is 12.4 Å². The monoisotopic (exact) mass is 265 g/mol. The Morgan fingerprint density at radius 3 is 2.79 bits per heavy atom. The number of aryl methyl sites for hydroxylation is 1. The van der Waals surface area contributed by atoms with Gasteiger partial charge in [0.1, 0.15) is 6.04 Å². The van der Waals surface area contributed by atoms with Gasteiger partial charge in [0.05, 0.1) is 6.20 Å². The van der Waals surface area contributed by atoms with Crippen LogP contribution in [-0.4, -0.2) is 57.2 Å². The molecule has 1 aliphatic rings. The number of carbonyl (C=O) groups excluding carboxylic acids is 1. The molecule has 0 bridgehead atoms. The first-order valence-corrected chi connectivity index (χ1v) is 6.72. The van der Waals surface area contributed by atoms with Gasteiger partial charge >= 0.3 is 0 Å². The Balaban J connectivity index is 2.00. The summed E-state index contributed by atoms with van der Waals surface area (Å²) in [5.74, 6) is -0.232. The largest absolute Gasteiger partial charge is 0.368 e. The van der Waals surface area contributed by atoms with E-state index in [9.17, 15) is 4.79 Å². The molecule has 0 spiro atoms. The highest BCUT2D eigenvalue weighted by Gasteiger charge is 2.32. The van der Waals surface area contributed by atoms with E-state index in [1.165, 1.54) is 5.56 Å². The number of primary amides is 1. The Morgan fingerprint density at radius 1 is 1.53 bits per heavy atom. The molecular formula is C13H23N5O. The van der Waals surface area contributed by atoms with Gasteiger partial charge in [-0.3, -0.25) is 19.3 Å². The standard InChI is InChI=1S/C13H23N5O/c1-10(2)18-5-4-17(9-12(18)13(14)19)8-11-6-15-16(3)7-11/h6-7,10,12H,4-5,8-9H2,1-3H3,(H2,14,19)/t12-/m1/s1. The third-order valence-corrected chi connectivity index (χ3v) is 3.66. The van der Waals surface area contributed by atoms with E-state index in [1.807, 2.05) is 19.4 Å². The lowest BCUT2D eigenvalue weighted by Gasteiger charge is -2.41. The SMILES string of the molecule is CC(C)N1CCN(Cc2cnn(C)c2)C[C@@H]1C(N)=O. The van der Waals surface area contributed by atoms with Crippen molar-refractivity contribution in [2.45, 2.75) is 32.5 Å². The summed E-state index contributed by atoms with van der Waals surface area (Å²) in [6.07, 6.45) is 3.88. The summed E-state index contributed by atoms with van der Waals surface area (Å²) in [7, 11) is 1.91. The van der Waals surface area contributed by atoms with Gasteiger partial charge in [0.2, 0.25) is 5.91 Å². The minimum absolute atomic E-state index is 0.189. The van der Waals surface area contributed by atoms with Gasteiger partial charge in [0.25, 0.3) is 0 Å². The van der Waals surface area contributed by atoms with Gasteiger partial charge in [-0.05, 0) is 13.8 Å². The summed E-state index contributed by atoms with van der Waals surface area (Å²) in [5, 5.41) is 4.17. The molecule has 1 aliphatic heterocycles. The van der Waals surface area contributed by atoms with Crippen molar-refractivity contribution in [1.82, 2.24) is 19.6 Å². The molecule has 0 unspecified atom stereocenters. The summed E-state index contributed by atoms with van der Waals surface area (Å²) in [6, 6.07) is 0.156. The molecular weight excluding hydrogens is 242 g/mol. The Morgan fingerprint density at radius 2 is 2.26 bits per heavy atom. The quantitative estimate of drug-likeness (QED) is 0.819. The van der Waals surface area contributed by atoms with E-state index in [1.54, 1.807) is 4.68 Å². The predicted molar refractivity (Wildman–Crippen MR) is 73.3 cm³/mol. The number of rotatable bonds is 4. The van der Waals surface area contributed by atoms with Crippen LogP contribution in [-0.2, 0) is 18.4 Å². The van der Waals surface area contributed by atoms with Gasteiger partial charge in [-0.2, -0.15) is 5.10 Å². The smallest absolute Gasteiger partial charge is 0.236 e. The van der Waals surface area contributed by atoms with E-state index in [4.69, 9.17) is 5.73 Å². The highest BCUT2D eigenvalue weighted by molar-refractivity contribution is 5.80. The van der Waals surface area contributed by atoms with Crippen molar-refractivity contribution in [1.29, 1.82) is 0 Å². The molecule has 0 aliphatic carbocycles. The second-order valence-electron chi connectivity index (χ2n) is 5.51. The lowest BCUT2D eigenvalue weighted by Crippen LogP contribution is -2.59. The Kier molecular flexibility index (Phi) is 4.21. The third-order valence-electron chi connectivity index (χ3n) is 3.66. The summed E-state index contributed by atoms with van der Waals surface area (Å²) in [4.78, 5) is 16.1. The maximum absolute atomic E-state index is 11.6. The molecule has 1 aromatic heterocycles. The lowest BCUT2D eigenvalue weighted by molar-refractivity contribution is -0.126. The number of aromatic nitrogens is 2. The fraction of sp³-hybridized carbons (Fsp3) is 0.692. The first kappa shape index (κ1) is 14.0. The van der Waals surface area contributed by atoms with Crippen LogP contribution in [0.25, 0.3) is 0 Å². The van der Waals surface area contributed by atoms with E-state index in [0.29, 0.717) is 12.6 Å². The van der Waals surface area contributed by atoms with Gasteiger partial charge < -0.3 is 5.73 Å². The number of amides is 1. The zero-order valence-corrected chi connectivity index (χ0v) is 11.9. The zero-order chi connectivity index (χ0) is 14.0. The van der Waals surface area contributed by atoms with Gasteiger partial charge in [-0.1, -0.05) is 0 Å². The first-order chi connectivity index (χ1) is 8.97. The molecule has 2 heterocycles. The topological polar surface area (TPSA) is 67.4 Å². The number of nitrogens with zero attached hydrogens (tertiary/aromatic N) is 4. The fourth-order valence-corrected chi connectivity index (χ4v) is 2.68. The normalized spacial score (nSPS) is 22.0. The van der Waals surface area contributed by atoms with Crippen LogP contribution in [0.5, 0.6) is 0 Å². The van der Waals surface area contributed by atoms with Gasteiger partial charge in [0, 0.05) is 51.0 Å². The van der Waals surface area contributed by atoms with E-state index in [0.717, 1.165) is 19.6 Å². The number of hydrogen-bond acceptors (Lipinski definition) is 4. The second-order valence-corrected chi connectivity index (χ2v) is 5.51. The van der Waals surface area contributed by atoms with Gasteiger partial charge in [0.15, 0.2) is 0 Å². The molecule has 1 fully saturated rings. The van der Waals surface area contributed by atoms with Crippen molar-refractivity contribution in [3.8, 4) is 0 Å². The molecule has 0 saturated carbocycles. The van der Waals surface area contributed by atoms with E-state index >= 15 is 0 Å². The van der Waals surface area contributed by atoms with Crippen molar-refractivity contribution in [2.24, 2.45) is 12.8 Å². The number of nitrogens with two attached hydrogens (primary N) is 1. The molecule has 106 valence electrons. The molecule has 2 rings (SSSR count). The molecule has 1 saturated heterocycles. The molecule has 19 heavy (non-hydrogen) atoms. The van der Waals surface area contributed by atoms with E-state index < -0.39 is 0 Å². The lowest BCUT2D eigenvalue weighted by atomic mass is 10.1. The van der Waals surface area contributed by atoms with Gasteiger partial charge in [-0.15, -0.1) is 0 Å². The summed E-state index contributed by atoms with van der Waals surface area (Å²) in [5.41, 5.74) is 6.70. The van der Waals surface area contributed by atoms with Gasteiger partial charge in [-0.25, -0.2) is 0 Å². The van der Waals surface area contributed by atoms with Crippen molar-refractivity contribution in [3.05, 3.63) is 18.0 Å². The Hall–Kier alpha value is -1.40. The van der Waals surface area contributed by atoms with Crippen molar-refractivity contribution in [3.63, 3.8) is 0 Å². The molecule has 2 N–H and O–H groups in total. The van der Waals surface area contributed by atoms with E-state index in [-0.39, 0.29) is 11.9 Å². The van der Waals surface area contributed by atoms with Crippen molar-refractivity contribution in [2.75, 3.05) is 19.6 Å². The minimum atomic E-state index is -0.232. The maximum Gasteiger partial charge on any atom is 0.236 e. The number of piperazine rings is 1. The molecule has 6 heteroatoms. The molecule has 0 aromatic carbocycles. The van der Waals surface area contributed by atoms with Crippen molar-refractivity contribution >= 4 is 5.91 Å². The zero-order valence-electron chi connectivity index (χ0n) is 11.9. The first-order valence-electron chi connectivity index (χ1n) is 6.72. The third kappa shape index (κ3) is 3.33. The van der Waals surface area contributed by atoms with Crippen LogP contribution in [0.1, 0.15) is 19.4 Å². The van der Waals surface area contributed by atoms with Crippen LogP contribution < -0.4 is 5.73 Å². The Bertz CT molecular complexity index is 442. The molecule has 0 radical (unpaired) electrons. The second kappa shape index (κ2) is 5.71. The van der Waals surface area contributed by atoms with E-state index in [2.05, 4.69) is 28.7 Å². The summed E-state index contributed by atoms with van der Waals surface area (Å²) in [6.45, 7) is 7.56. The molecule has 1 atom stereocenters. The molecule has 1 aromatic rings. The van der Waals surface area contributed by atoms with Crippen LogP contribution in [0, 0.1) is 0 Å². The highest BCUT2D eigenvalue weighted by Crippen LogP contribution is 2.15. The summed E-state index contributed by atoms with van der Waals surface area (Å²) >= 11 is 0. The predicted octanol–water partition coefficient (Wildman–Crippen LogP) is -0.200. The number of carbonyl (C=O) groups is 1. The minimum Gasteiger partial charge on any atom is -0.368 e. The average Bonchev–Trinajstić information content (AvgIpc) is 2.74. The van der Waals surface area contributed by atoms with Crippen LogP contribution in [0.2, 0.25) is 0 Å². The average molecular weight is 265 g/mol. The molecule has 6 nitrogen and oxygen atoms in total. The van der Waals surface area contributed by atoms with Crippen molar-refractivity contribution < 1.29 is 4.79 Å². The fourth-order valence-electron chi connectivity index (χ4n) is 2.68. The number of hydrogen-bond donors (Lipinski definition) is 1. The molecule has 1 amide bonds. The van der Waals surface area contributed by atoms with Crippen LogP contribution in [0.4, 0.5) is 0 Å². The Labute approximate surface area is 114 Å². The van der Waals surface area contributed by atoms with Crippen LogP contribution >= 0.6 is 0 Å².